The summed E-state index contributed by atoms with van der Waals surface area (Å²) in [6, 6.07) is 12.2. The van der Waals surface area contributed by atoms with Crippen LogP contribution in [0.15, 0.2) is 42.5 Å². The summed E-state index contributed by atoms with van der Waals surface area (Å²) < 4.78 is 5.74. The van der Waals surface area contributed by atoms with Gasteiger partial charge in [-0.3, -0.25) is 4.79 Å². The molecule has 0 aliphatic carbocycles. The van der Waals surface area contributed by atoms with Crippen molar-refractivity contribution in [1.29, 1.82) is 0 Å². The van der Waals surface area contributed by atoms with E-state index in [0.29, 0.717) is 27.8 Å². The van der Waals surface area contributed by atoms with Crippen LogP contribution in [0, 0.1) is 0 Å². The lowest BCUT2D eigenvalue weighted by molar-refractivity contribution is -0.114. The van der Waals surface area contributed by atoms with Crippen LogP contribution in [0.2, 0.25) is 5.02 Å². The number of ether oxygens (including phenoxy) is 1. The number of hydrogen-bond donors (Lipinski definition) is 2. The van der Waals surface area contributed by atoms with Gasteiger partial charge in [-0.2, -0.15) is 0 Å². The molecule has 0 spiro atoms. The van der Waals surface area contributed by atoms with Crippen molar-refractivity contribution in [3.8, 4) is 11.5 Å². The van der Waals surface area contributed by atoms with Crippen molar-refractivity contribution in [1.82, 2.24) is 0 Å². The third kappa shape index (κ3) is 3.93. The topological polar surface area (TPSA) is 64.3 Å². The SMILES string of the molecule is CC(=O)Nc1ccccc1Oc1ccc(C(N)=S)c(Cl)c1. The first-order valence-corrected chi connectivity index (χ1v) is 6.90. The van der Waals surface area contributed by atoms with Gasteiger partial charge in [-0.1, -0.05) is 36.0 Å². The Labute approximate surface area is 132 Å². The largest absolute Gasteiger partial charge is 0.455 e. The van der Waals surface area contributed by atoms with E-state index in [1.807, 2.05) is 6.07 Å². The minimum Gasteiger partial charge on any atom is -0.455 e. The van der Waals surface area contributed by atoms with Crippen molar-refractivity contribution in [2.45, 2.75) is 6.92 Å². The Balaban J connectivity index is 2.28. The number of para-hydroxylation sites is 2. The molecule has 2 aromatic rings. The second kappa shape index (κ2) is 6.56. The first-order chi connectivity index (χ1) is 9.97. The summed E-state index contributed by atoms with van der Waals surface area (Å²) in [4.78, 5) is 11.4. The van der Waals surface area contributed by atoms with Crippen LogP contribution in [-0.2, 0) is 4.79 Å². The molecule has 108 valence electrons. The number of anilines is 1. The zero-order valence-corrected chi connectivity index (χ0v) is 12.8. The number of carbonyl (C=O) groups excluding carboxylic acids is 1. The van der Waals surface area contributed by atoms with E-state index < -0.39 is 0 Å². The van der Waals surface area contributed by atoms with Crippen LogP contribution in [0.25, 0.3) is 0 Å². The molecular weight excluding hydrogens is 308 g/mol. The fourth-order valence-corrected chi connectivity index (χ4v) is 2.24. The maximum absolute atomic E-state index is 11.2. The van der Waals surface area contributed by atoms with Crippen LogP contribution in [0.5, 0.6) is 11.5 Å². The Hall–Kier alpha value is -2.11. The van der Waals surface area contributed by atoms with E-state index in [0.717, 1.165) is 0 Å². The Morgan fingerprint density at radius 2 is 2.00 bits per heavy atom. The summed E-state index contributed by atoms with van der Waals surface area (Å²) >= 11 is 11.0. The highest BCUT2D eigenvalue weighted by Crippen LogP contribution is 2.31. The van der Waals surface area contributed by atoms with Crippen molar-refractivity contribution in [2.24, 2.45) is 5.73 Å². The van der Waals surface area contributed by atoms with E-state index in [2.05, 4.69) is 5.32 Å². The molecule has 4 nitrogen and oxygen atoms in total. The second-order valence-electron chi connectivity index (χ2n) is 4.29. The molecule has 0 fully saturated rings. The maximum Gasteiger partial charge on any atom is 0.221 e. The monoisotopic (exact) mass is 320 g/mol. The number of benzene rings is 2. The second-order valence-corrected chi connectivity index (χ2v) is 5.13. The van der Waals surface area contributed by atoms with E-state index in [-0.39, 0.29) is 10.9 Å². The smallest absolute Gasteiger partial charge is 0.221 e. The molecule has 21 heavy (non-hydrogen) atoms. The van der Waals surface area contributed by atoms with Crippen molar-refractivity contribution in [3.63, 3.8) is 0 Å². The molecule has 0 bridgehead atoms. The number of rotatable bonds is 4. The fraction of sp³-hybridized carbons (Fsp3) is 0.0667. The number of nitrogens with two attached hydrogens (primary N) is 1. The highest BCUT2D eigenvalue weighted by Gasteiger charge is 2.08. The fourth-order valence-electron chi connectivity index (χ4n) is 1.73. The van der Waals surface area contributed by atoms with Crippen LogP contribution in [-0.4, -0.2) is 10.9 Å². The molecule has 0 aliphatic rings. The van der Waals surface area contributed by atoms with Crippen LogP contribution in [0.4, 0.5) is 5.69 Å². The minimum absolute atomic E-state index is 0.173. The highest BCUT2D eigenvalue weighted by atomic mass is 35.5. The first-order valence-electron chi connectivity index (χ1n) is 6.11. The van der Waals surface area contributed by atoms with E-state index >= 15 is 0 Å². The summed E-state index contributed by atoms with van der Waals surface area (Å²) in [7, 11) is 0. The number of hydrogen-bond acceptors (Lipinski definition) is 3. The molecule has 0 aromatic heterocycles. The van der Waals surface area contributed by atoms with Crippen molar-refractivity contribution in [2.75, 3.05) is 5.32 Å². The molecular formula is C15H13ClN2O2S. The molecule has 0 unspecified atom stereocenters. The molecule has 6 heteroatoms. The quantitative estimate of drug-likeness (QED) is 0.843. The number of amides is 1. The molecule has 0 saturated carbocycles. The van der Waals surface area contributed by atoms with Gasteiger partial charge in [0.1, 0.15) is 10.7 Å². The van der Waals surface area contributed by atoms with Crippen LogP contribution < -0.4 is 15.8 Å². The molecule has 1 amide bonds. The molecule has 0 saturated heterocycles. The van der Waals surface area contributed by atoms with Gasteiger partial charge in [-0.25, -0.2) is 0 Å². The van der Waals surface area contributed by atoms with Gasteiger partial charge < -0.3 is 15.8 Å². The number of halogens is 1. The van der Waals surface area contributed by atoms with Gasteiger partial charge in [0.15, 0.2) is 5.75 Å². The van der Waals surface area contributed by atoms with Gasteiger partial charge in [0.05, 0.1) is 10.7 Å². The molecule has 0 radical (unpaired) electrons. The van der Waals surface area contributed by atoms with E-state index in [1.54, 1.807) is 36.4 Å². The highest BCUT2D eigenvalue weighted by molar-refractivity contribution is 7.80. The zero-order valence-electron chi connectivity index (χ0n) is 11.2. The molecule has 2 rings (SSSR count). The summed E-state index contributed by atoms with van der Waals surface area (Å²) in [5.41, 5.74) is 6.73. The van der Waals surface area contributed by atoms with E-state index in [1.165, 1.54) is 6.92 Å². The lowest BCUT2D eigenvalue weighted by Crippen LogP contribution is -2.09. The van der Waals surface area contributed by atoms with Gasteiger partial charge in [-0.05, 0) is 24.3 Å². The van der Waals surface area contributed by atoms with E-state index in [9.17, 15) is 4.79 Å². The van der Waals surface area contributed by atoms with Crippen molar-refractivity contribution < 1.29 is 9.53 Å². The molecule has 3 N–H and O–H groups in total. The summed E-state index contributed by atoms with van der Waals surface area (Å²) in [5.74, 6) is 0.873. The average Bonchev–Trinajstić information content (AvgIpc) is 2.40. The molecule has 0 heterocycles. The normalized spacial score (nSPS) is 10.0. The molecule has 2 aromatic carbocycles. The van der Waals surface area contributed by atoms with Crippen LogP contribution in [0.3, 0.4) is 0 Å². The number of carbonyl (C=O) groups is 1. The zero-order chi connectivity index (χ0) is 15.4. The molecule has 0 aliphatic heterocycles. The predicted octanol–water partition coefficient (Wildman–Crippen LogP) is 3.72. The summed E-state index contributed by atoms with van der Waals surface area (Å²) in [6.07, 6.45) is 0. The number of nitrogens with one attached hydrogen (secondary N) is 1. The van der Waals surface area contributed by atoms with Gasteiger partial charge >= 0.3 is 0 Å². The Bertz CT molecular complexity index is 704. The Kier molecular flexibility index (Phi) is 4.77. The van der Waals surface area contributed by atoms with Gasteiger partial charge in [-0.15, -0.1) is 0 Å². The van der Waals surface area contributed by atoms with Crippen molar-refractivity contribution in [3.05, 3.63) is 53.1 Å². The van der Waals surface area contributed by atoms with Crippen LogP contribution in [0.1, 0.15) is 12.5 Å². The van der Waals surface area contributed by atoms with Gasteiger partial charge in [0, 0.05) is 18.6 Å². The lowest BCUT2D eigenvalue weighted by atomic mass is 10.2. The first kappa shape index (κ1) is 15.3. The minimum atomic E-state index is -0.173. The van der Waals surface area contributed by atoms with E-state index in [4.69, 9.17) is 34.3 Å². The van der Waals surface area contributed by atoms with Crippen LogP contribution >= 0.6 is 23.8 Å². The Morgan fingerprint density at radius 3 is 2.62 bits per heavy atom. The molecule has 0 atom stereocenters. The van der Waals surface area contributed by atoms with Gasteiger partial charge in [0.2, 0.25) is 5.91 Å². The number of thiocarbonyl (C=S) groups is 1. The predicted molar refractivity (Wildman–Crippen MR) is 88.2 cm³/mol. The average molecular weight is 321 g/mol. The summed E-state index contributed by atoms with van der Waals surface area (Å²) in [5, 5.41) is 3.11. The third-order valence-electron chi connectivity index (χ3n) is 2.63. The Morgan fingerprint density at radius 1 is 1.29 bits per heavy atom. The van der Waals surface area contributed by atoms with Crippen molar-refractivity contribution >= 4 is 40.4 Å². The van der Waals surface area contributed by atoms with Gasteiger partial charge in [0.25, 0.3) is 0 Å². The lowest BCUT2D eigenvalue weighted by Gasteiger charge is -2.12. The third-order valence-corrected chi connectivity index (χ3v) is 3.16. The maximum atomic E-state index is 11.2. The standard InChI is InChI=1S/C15H13ClN2O2S/c1-9(19)18-13-4-2-3-5-14(13)20-10-6-7-11(15(17)21)12(16)8-10/h2-8H,1H3,(H2,17,21)(H,18,19). The summed E-state index contributed by atoms with van der Waals surface area (Å²) in [6.45, 7) is 1.44.